The predicted octanol–water partition coefficient (Wildman–Crippen LogP) is 2.70. The molecule has 0 saturated carbocycles. The summed E-state index contributed by atoms with van der Waals surface area (Å²) < 4.78 is 32.3. The first-order valence-corrected chi connectivity index (χ1v) is 10.7. The van der Waals surface area contributed by atoms with E-state index in [-0.39, 0.29) is 33.5 Å². The summed E-state index contributed by atoms with van der Waals surface area (Å²) in [6.45, 7) is -0.331. The topological polar surface area (TPSA) is 145 Å². The standard InChI is InChI=1S/C19H13N5O4S2/c20-10-13-1-4-16(9-14(13)11-21)28-12-18(25)23-15-2-5-17(6-3-15)30(26,27)24-19-22-7-8-29-19/h1-9H,12H2,(H,22,24)(H,23,25). The second-order valence-electron chi connectivity index (χ2n) is 5.73. The largest absolute Gasteiger partial charge is 0.484 e. The van der Waals surface area contributed by atoms with Gasteiger partial charge in [-0.15, -0.1) is 11.3 Å². The molecular weight excluding hydrogens is 426 g/mol. The maximum absolute atomic E-state index is 12.3. The number of hydrogen-bond donors (Lipinski definition) is 2. The van der Waals surface area contributed by atoms with E-state index >= 15 is 0 Å². The number of sulfonamides is 1. The van der Waals surface area contributed by atoms with Crippen LogP contribution in [0.15, 0.2) is 58.9 Å². The van der Waals surface area contributed by atoms with Crippen LogP contribution in [-0.4, -0.2) is 25.9 Å². The molecule has 0 aliphatic carbocycles. The second kappa shape index (κ2) is 9.05. The number of nitriles is 2. The quantitative estimate of drug-likeness (QED) is 0.575. The van der Waals surface area contributed by atoms with Gasteiger partial charge in [0.2, 0.25) is 0 Å². The van der Waals surface area contributed by atoms with E-state index in [1.165, 1.54) is 48.7 Å². The Morgan fingerprint density at radius 3 is 2.47 bits per heavy atom. The summed E-state index contributed by atoms with van der Waals surface area (Å²) in [6, 6.07) is 13.7. The molecule has 0 bridgehead atoms. The van der Waals surface area contributed by atoms with Gasteiger partial charge in [-0.05, 0) is 42.5 Å². The Balaban J connectivity index is 1.58. The average molecular weight is 439 g/mol. The highest BCUT2D eigenvalue weighted by Gasteiger charge is 2.15. The minimum absolute atomic E-state index is 0.0218. The minimum Gasteiger partial charge on any atom is -0.484 e. The molecule has 3 aromatic rings. The van der Waals surface area contributed by atoms with Gasteiger partial charge in [0.05, 0.1) is 16.0 Å². The van der Waals surface area contributed by atoms with E-state index < -0.39 is 15.9 Å². The van der Waals surface area contributed by atoms with Gasteiger partial charge in [0.15, 0.2) is 11.7 Å². The smallest absolute Gasteiger partial charge is 0.263 e. The lowest BCUT2D eigenvalue weighted by Gasteiger charge is -2.09. The van der Waals surface area contributed by atoms with Gasteiger partial charge in [0, 0.05) is 17.3 Å². The third kappa shape index (κ3) is 5.11. The lowest BCUT2D eigenvalue weighted by atomic mass is 10.1. The number of nitrogens with zero attached hydrogens (tertiary/aromatic N) is 3. The first-order chi connectivity index (χ1) is 14.4. The van der Waals surface area contributed by atoms with Crippen LogP contribution in [0.1, 0.15) is 11.1 Å². The molecule has 0 radical (unpaired) electrons. The number of nitrogens with one attached hydrogen (secondary N) is 2. The van der Waals surface area contributed by atoms with Crippen molar-refractivity contribution in [2.75, 3.05) is 16.6 Å². The lowest BCUT2D eigenvalue weighted by molar-refractivity contribution is -0.118. The van der Waals surface area contributed by atoms with Gasteiger partial charge in [-0.1, -0.05) is 0 Å². The van der Waals surface area contributed by atoms with Crippen LogP contribution in [0.2, 0.25) is 0 Å². The van der Waals surface area contributed by atoms with Gasteiger partial charge in [-0.2, -0.15) is 10.5 Å². The molecule has 1 aromatic heterocycles. The van der Waals surface area contributed by atoms with E-state index in [0.717, 1.165) is 11.3 Å². The van der Waals surface area contributed by atoms with Crippen molar-refractivity contribution >= 4 is 38.1 Å². The first kappa shape index (κ1) is 20.8. The first-order valence-electron chi connectivity index (χ1n) is 8.30. The van der Waals surface area contributed by atoms with Crippen LogP contribution in [-0.2, 0) is 14.8 Å². The summed E-state index contributed by atoms with van der Waals surface area (Å²) in [6.07, 6.45) is 1.49. The average Bonchev–Trinajstić information content (AvgIpc) is 3.24. The number of carbonyl (C=O) groups excluding carboxylic acids is 1. The number of rotatable bonds is 7. The van der Waals surface area contributed by atoms with Crippen molar-refractivity contribution in [3.05, 3.63) is 65.2 Å². The summed E-state index contributed by atoms with van der Waals surface area (Å²) in [5, 5.41) is 22.4. The molecule has 1 heterocycles. The Morgan fingerprint density at radius 2 is 1.83 bits per heavy atom. The number of ether oxygens (including phenoxy) is 1. The van der Waals surface area contributed by atoms with Crippen molar-refractivity contribution in [3.63, 3.8) is 0 Å². The fourth-order valence-electron chi connectivity index (χ4n) is 2.31. The Labute approximate surface area is 176 Å². The summed E-state index contributed by atoms with van der Waals surface area (Å²) in [7, 11) is -3.78. The minimum atomic E-state index is -3.78. The van der Waals surface area contributed by atoms with E-state index in [1.807, 2.05) is 12.1 Å². The van der Waals surface area contributed by atoms with Crippen LogP contribution in [0.4, 0.5) is 10.8 Å². The summed E-state index contributed by atoms with van der Waals surface area (Å²) in [4.78, 5) is 16.0. The van der Waals surface area contributed by atoms with E-state index in [9.17, 15) is 13.2 Å². The lowest BCUT2D eigenvalue weighted by Crippen LogP contribution is -2.20. The van der Waals surface area contributed by atoms with E-state index in [2.05, 4.69) is 15.0 Å². The summed E-state index contributed by atoms with van der Waals surface area (Å²) in [5.74, 6) is -0.204. The number of carbonyl (C=O) groups is 1. The molecule has 9 nitrogen and oxygen atoms in total. The van der Waals surface area contributed by atoms with Crippen molar-refractivity contribution < 1.29 is 17.9 Å². The van der Waals surface area contributed by atoms with E-state index in [1.54, 1.807) is 5.38 Å². The fourth-order valence-corrected chi connectivity index (χ4v) is 4.10. The molecule has 0 spiro atoms. The Kier molecular flexibility index (Phi) is 6.27. The number of aromatic nitrogens is 1. The van der Waals surface area contributed by atoms with Crippen molar-refractivity contribution in [2.24, 2.45) is 0 Å². The molecule has 30 heavy (non-hydrogen) atoms. The molecule has 0 aliphatic rings. The molecular formula is C19H13N5O4S2. The number of thiazole rings is 1. The normalized spacial score (nSPS) is 10.5. The molecule has 2 N–H and O–H groups in total. The van der Waals surface area contributed by atoms with Gasteiger partial charge in [-0.25, -0.2) is 13.4 Å². The molecule has 0 unspecified atom stereocenters. The van der Waals surface area contributed by atoms with Crippen LogP contribution in [0.5, 0.6) is 5.75 Å². The van der Waals surface area contributed by atoms with Gasteiger partial charge in [-0.3, -0.25) is 9.52 Å². The Bertz CT molecular complexity index is 1240. The van der Waals surface area contributed by atoms with Crippen molar-refractivity contribution in [2.45, 2.75) is 4.90 Å². The molecule has 0 atom stereocenters. The number of amides is 1. The summed E-state index contributed by atoms with van der Waals surface area (Å²) in [5.41, 5.74) is 0.751. The van der Waals surface area contributed by atoms with Gasteiger partial charge in [0.1, 0.15) is 17.9 Å². The Hall–Kier alpha value is -3.93. The zero-order valence-electron chi connectivity index (χ0n) is 15.2. The van der Waals surface area contributed by atoms with Crippen LogP contribution in [0.25, 0.3) is 0 Å². The van der Waals surface area contributed by atoms with Crippen LogP contribution >= 0.6 is 11.3 Å². The number of benzene rings is 2. The highest BCUT2D eigenvalue weighted by atomic mass is 32.2. The molecule has 0 aliphatic heterocycles. The molecule has 3 rings (SSSR count). The maximum Gasteiger partial charge on any atom is 0.263 e. The van der Waals surface area contributed by atoms with Gasteiger partial charge < -0.3 is 10.1 Å². The molecule has 0 fully saturated rings. The zero-order valence-corrected chi connectivity index (χ0v) is 16.8. The molecule has 1 amide bonds. The molecule has 0 saturated heterocycles. The van der Waals surface area contributed by atoms with Crippen molar-refractivity contribution in [1.82, 2.24) is 4.98 Å². The summed E-state index contributed by atoms with van der Waals surface area (Å²) >= 11 is 1.16. The Morgan fingerprint density at radius 1 is 1.10 bits per heavy atom. The van der Waals surface area contributed by atoms with E-state index in [4.69, 9.17) is 15.3 Å². The maximum atomic E-state index is 12.3. The third-order valence-corrected chi connectivity index (χ3v) is 5.88. The van der Waals surface area contributed by atoms with Crippen molar-refractivity contribution in [3.8, 4) is 17.9 Å². The second-order valence-corrected chi connectivity index (χ2v) is 8.31. The van der Waals surface area contributed by atoms with Crippen LogP contribution in [0, 0.1) is 22.7 Å². The highest BCUT2D eigenvalue weighted by molar-refractivity contribution is 7.93. The van der Waals surface area contributed by atoms with E-state index in [0.29, 0.717) is 5.69 Å². The molecule has 2 aromatic carbocycles. The zero-order chi connectivity index (χ0) is 21.6. The number of hydrogen-bond acceptors (Lipinski definition) is 8. The van der Waals surface area contributed by atoms with Gasteiger partial charge in [0.25, 0.3) is 15.9 Å². The molecule has 11 heteroatoms. The van der Waals surface area contributed by atoms with Crippen LogP contribution < -0.4 is 14.8 Å². The molecule has 150 valence electrons. The SMILES string of the molecule is N#Cc1ccc(OCC(=O)Nc2ccc(S(=O)(=O)Nc3nccs3)cc2)cc1C#N. The highest BCUT2D eigenvalue weighted by Crippen LogP contribution is 2.20. The van der Waals surface area contributed by atoms with Gasteiger partial charge >= 0.3 is 0 Å². The third-order valence-electron chi connectivity index (χ3n) is 3.70. The fraction of sp³-hybridized carbons (Fsp3) is 0.0526. The van der Waals surface area contributed by atoms with Crippen LogP contribution in [0.3, 0.4) is 0 Å². The van der Waals surface area contributed by atoms with Crippen molar-refractivity contribution in [1.29, 1.82) is 10.5 Å². The number of anilines is 2. The monoisotopic (exact) mass is 439 g/mol. The predicted molar refractivity (Wildman–Crippen MR) is 109 cm³/mol.